The average Bonchev–Trinajstić information content (AvgIpc) is 3.52. The van der Waals surface area contributed by atoms with Gasteiger partial charge < -0.3 is 10.6 Å². The highest BCUT2D eigenvalue weighted by molar-refractivity contribution is 9.10. The molecule has 0 fully saturated rings. The van der Waals surface area contributed by atoms with E-state index < -0.39 is 0 Å². The van der Waals surface area contributed by atoms with Gasteiger partial charge in [-0.25, -0.2) is 4.98 Å². The predicted octanol–water partition coefficient (Wildman–Crippen LogP) is 6.78. The largest absolute Gasteiger partial charge is 0.366 e. The van der Waals surface area contributed by atoms with E-state index >= 15 is 0 Å². The van der Waals surface area contributed by atoms with E-state index in [0.29, 0.717) is 17.2 Å². The quantitative estimate of drug-likeness (QED) is 0.235. The van der Waals surface area contributed by atoms with E-state index in [-0.39, 0.29) is 11.8 Å². The van der Waals surface area contributed by atoms with Crippen molar-refractivity contribution in [1.82, 2.24) is 14.6 Å². The Kier molecular flexibility index (Phi) is 6.40. The van der Waals surface area contributed by atoms with Crippen molar-refractivity contribution in [2.45, 2.75) is 19.4 Å². The average molecular weight is 573 g/mol. The van der Waals surface area contributed by atoms with Gasteiger partial charge in [0.1, 0.15) is 5.82 Å². The molecule has 0 radical (unpaired) electrons. The minimum atomic E-state index is -0.0363. The van der Waals surface area contributed by atoms with Crippen molar-refractivity contribution in [3.05, 3.63) is 111 Å². The van der Waals surface area contributed by atoms with Gasteiger partial charge in [-0.2, -0.15) is 9.61 Å². The van der Waals surface area contributed by atoms with Crippen molar-refractivity contribution < 1.29 is 4.79 Å². The summed E-state index contributed by atoms with van der Waals surface area (Å²) in [5, 5.41) is 11.7. The number of carbonyl (C=O) groups excluding carboxylic acids is 1. The molecule has 37 heavy (non-hydrogen) atoms. The van der Waals surface area contributed by atoms with Gasteiger partial charge in [-0.05, 0) is 63.7 Å². The summed E-state index contributed by atoms with van der Waals surface area (Å²) in [5.41, 5.74) is 6.65. The maximum atomic E-state index is 13.0. The van der Waals surface area contributed by atoms with Gasteiger partial charge in [0, 0.05) is 34.8 Å². The molecule has 0 saturated heterocycles. The Morgan fingerprint density at radius 3 is 2.54 bits per heavy atom. The van der Waals surface area contributed by atoms with Gasteiger partial charge in [0.25, 0.3) is 0 Å². The second-order valence-corrected chi connectivity index (χ2v) is 10.4. The van der Waals surface area contributed by atoms with Gasteiger partial charge in [-0.1, -0.05) is 66.2 Å². The second kappa shape index (κ2) is 10.00. The summed E-state index contributed by atoms with van der Waals surface area (Å²) in [4.78, 5) is 17.7. The lowest BCUT2D eigenvalue weighted by molar-refractivity contribution is -0.119. The van der Waals surface area contributed by atoms with Gasteiger partial charge >= 0.3 is 0 Å². The molecule has 5 aromatic rings. The van der Waals surface area contributed by atoms with Gasteiger partial charge in [-0.3, -0.25) is 4.79 Å². The summed E-state index contributed by atoms with van der Waals surface area (Å²) in [6, 6.07) is 25.8. The summed E-state index contributed by atoms with van der Waals surface area (Å²) < 4.78 is 2.55. The number of hydrogen-bond acceptors (Lipinski definition) is 4. The molecule has 3 aromatic carbocycles. The van der Waals surface area contributed by atoms with Gasteiger partial charge in [0.05, 0.1) is 16.4 Å². The van der Waals surface area contributed by atoms with Crippen LogP contribution in [0.1, 0.15) is 16.7 Å². The molecule has 0 atom stereocenters. The molecule has 1 aliphatic rings. The molecular formula is C29H23BrClN5O. The monoisotopic (exact) mass is 571 g/mol. The molecule has 2 aromatic heterocycles. The standard InChI is InChI=1S/C29H23BrClN5O/c30-24-17-33-36-27(15-26(35-28(24)36)23-10-3-4-11-25(23)31)32-16-18-6-5-9-22(12-18)34-29(37)21-13-19-7-1-2-8-20(19)14-21/h1-12,15,17,21,32H,13-14,16H2,(H,34,37). The molecule has 184 valence electrons. The zero-order valence-corrected chi connectivity index (χ0v) is 22.1. The third kappa shape index (κ3) is 4.84. The number of carbonyl (C=O) groups is 1. The van der Waals surface area contributed by atoms with Crippen LogP contribution in [0.15, 0.2) is 89.5 Å². The molecule has 6 rings (SSSR count). The van der Waals surface area contributed by atoms with Gasteiger partial charge in [0.2, 0.25) is 5.91 Å². The van der Waals surface area contributed by atoms with Crippen molar-refractivity contribution in [2.75, 3.05) is 10.6 Å². The van der Waals surface area contributed by atoms with E-state index in [9.17, 15) is 4.79 Å². The molecule has 2 N–H and O–H groups in total. The molecule has 1 amide bonds. The van der Waals surface area contributed by atoms with Crippen molar-refractivity contribution in [3.8, 4) is 11.3 Å². The Balaban J connectivity index is 1.20. The fourth-order valence-electron chi connectivity index (χ4n) is 4.81. The van der Waals surface area contributed by atoms with Crippen LogP contribution in [0.4, 0.5) is 11.5 Å². The second-order valence-electron chi connectivity index (χ2n) is 9.15. The zero-order chi connectivity index (χ0) is 25.4. The first-order valence-electron chi connectivity index (χ1n) is 12.0. The van der Waals surface area contributed by atoms with E-state index in [0.717, 1.165) is 45.6 Å². The fourth-order valence-corrected chi connectivity index (χ4v) is 5.39. The van der Waals surface area contributed by atoms with Crippen LogP contribution in [0.25, 0.3) is 16.9 Å². The number of hydrogen-bond donors (Lipinski definition) is 2. The first-order chi connectivity index (χ1) is 18.0. The van der Waals surface area contributed by atoms with Crippen LogP contribution >= 0.6 is 27.5 Å². The lowest BCUT2D eigenvalue weighted by atomic mass is 10.1. The van der Waals surface area contributed by atoms with Gasteiger partial charge in [0.15, 0.2) is 5.65 Å². The van der Waals surface area contributed by atoms with Crippen LogP contribution < -0.4 is 10.6 Å². The lowest BCUT2D eigenvalue weighted by Crippen LogP contribution is -2.23. The highest BCUT2D eigenvalue weighted by Gasteiger charge is 2.27. The van der Waals surface area contributed by atoms with Crippen molar-refractivity contribution in [3.63, 3.8) is 0 Å². The SMILES string of the molecule is O=C(Nc1cccc(CNc2cc(-c3ccccc3Cl)nc3c(Br)cnn23)c1)C1Cc2ccccc2C1. The number of amides is 1. The molecular weight excluding hydrogens is 550 g/mol. The molecule has 0 unspecified atom stereocenters. The maximum Gasteiger partial charge on any atom is 0.228 e. The fraction of sp³-hybridized carbons (Fsp3) is 0.138. The third-order valence-electron chi connectivity index (χ3n) is 6.67. The highest BCUT2D eigenvalue weighted by atomic mass is 79.9. The van der Waals surface area contributed by atoms with E-state index in [2.05, 4.69) is 43.8 Å². The summed E-state index contributed by atoms with van der Waals surface area (Å²) >= 11 is 10.00. The number of anilines is 2. The topological polar surface area (TPSA) is 71.3 Å². The summed E-state index contributed by atoms with van der Waals surface area (Å²) in [7, 11) is 0. The summed E-state index contributed by atoms with van der Waals surface area (Å²) in [6.07, 6.45) is 3.30. The molecule has 1 aliphatic carbocycles. The Morgan fingerprint density at radius 2 is 1.76 bits per heavy atom. The summed E-state index contributed by atoms with van der Waals surface area (Å²) in [5.74, 6) is 0.803. The Labute approximate surface area is 227 Å². The van der Waals surface area contributed by atoms with Crippen molar-refractivity contribution >= 4 is 50.6 Å². The lowest BCUT2D eigenvalue weighted by Gasteiger charge is -2.13. The van der Waals surface area contributed by atoms with Crippen LogP contribution in [0.3, 0.4) is 0 Å². The van der Waals surface area contributed by atoms with Crippen molar-refractivity contribution in [1.29, 1.82) is 0 Å². The van der Waals surface area contributed by atoms with E-state index in [1.165, 1.54) is 11.1 Å². The molecule has 0 bridgehead atoms. The molecule has 8 heteroatoms. The third-order valence-corrected chi connectivity index (χ3v) is 7.56. The number of benzene rings is 3. The van der Waals surface area contributed by atoms with E-state index in [1.54, 1.807) is 10.7 Å². The summed E-state index contributed by atoms with van der Waals surface area (Å²) in [6.45, 7) is 0.539. The zero-order valence-electron chi connectivity index (χ0n) is 19.8. The number of halogens is 2. The number of rotatable bonds is 6. The van der Waals surface area contributed by atoms with Crippen molar-refractivity contribution in [2.24, 2.45) is 5.92 Å². The Morgan fingerprint density at radius 1 is 1.00 bits per heavy atom. The minimum absolute atomic E-state index is 0.0363. The van der Waals surface area contributed by atoms with E-state index in [1.807, 2.05) is 66.7 Å². The number of aromatic nitrogens is 3. The number of nitrogens with zero attached hydrogens (tertiary/aromatic N) is 3. The molecule has 0 spiro atoms. The predicted molar refractivity (Wildman–Crippen MR) is 151 cm³/mol. The molecule has 6 nitrogen and oxygen atoms in total. The Bertz CT molecular complexity index is 1610. The molecule has 0 saturated carbocycles. The number of fused-ring (bicyclic) bond motifs is 2. The van der Waals surface area contributed by atoms with Crippen LogP contribution in [0.5, 0.6) is 0 Å². The van der Waals surface area contributed by atoms with Crippen LogP contribution in [0, 0.1) is 5.92 Å². The van der Waals surface area contributed by atoms with E-state index in [4.69, 9.17) is 16.6 Å². The van der Waals surface area contributed by atoms with Gasteiger partial charge in [-0.15, -0.1) is 0 Å². The number of nitrogens with one attached hydrogen (secondary N) is 2. The highest BCUT2D eigenvalue weighted by Crippen LogP contribution is 2.31. The molecule has 0 aliphatic heterocycles. The minimum Gasteiger partial charge on any atom is -0.366 e. The smallest absolute Gasteiger partial charge is 0.228 e. The Hall–Kier alpha value is -3.68. The normalized spacial score (nSPS) is 13.0. The first-order valence-corrected chi connectivity index (χ1v) is 13.2. The van der Waals surface area contributed by atoms with Crippen LogP contribution in [-0.2, 0) is 24.2 Å². The molecule has 2 heterocycles. The van der Waals surface area contributed by atoms with Crippen LogP contribution in [-0.4, -0.2) is 20.5 Å². The first kappa shape index (κ1) is 23.7. The maximum absolute atomic E-state index is 13.0. The van der Waals surface area contributed by atoms with Crippen LogP contribution in [0.2, 0.25) is 5.02 Å².